The zero-order valence-corrected chi connectivity index (χ0v) is 16.5. The van der Waals surface area contributed by atoms with Crippen LogP contribution in [-0.2, 0) is 4.74 Å². The van der Waals surface area contributed by atoms with Crippen LogP contribution in [0.2, 0.25) is 0 Å². The molecule has 146 valence electrons. The lowest BCUT2D eigenvalue weighted by Crippen LogP contribution is -2.35. The van der Waals surface area contributed by atoms with Crippen LogP contribution in [0.3, 0.4) is 0 Å². The van der Waals surface area contributed by atoms with Crippen molar-refractivity contribution in [3.8, 4) is 5.75 Å². The van der Waals surface area contributed by atoms with Gasteiger partial charge in [0.25, 0.3) is 5.91 Å². The van der Waals surface area contributed by atoms with Gasteiger partial charge in [-0.25, -0.2) is 0 Å². The molecule has 1 N–H and O–H groups in total. The molecule has 0 atom stereocenters. The van der Waals surface area contributed by atoms with Crippen LogP contribution in [0.1, 0.15) is 29.8 Å². The van der Waals surface area contributed by atoms with E-state index in [1.165, 1.54) is 11.3 Å². The van der Waals surface area contributed by atoms with E-state index in [0.29, 0.717) is 37.7 Å². The Hall–Kier alpha value is -2.53. The first-order valence-corrected chi connectivity index (χ1v) is 9.55. The number of amides is 1. The van der Waals surface area contributed by atoms with Gasteiger partial charge in [-0.3, -0.25) is 4.79 Å². The van der Waals surface area contributed by atoms with Gasteiger partial charge in [-0.15, -0.1) is 0 Å². The maximum atomic E-state index is 12.6. The summed E-state index contributed by atoms with van der Waals surface area (Å²) >= 11 is 0. The predicted octanol–water partition coefficient (Wildman–Crippen LogP) is 3.67. The summed E-state index contributed by atoms with van der Waals surface area (Å²) in [5, 5.41) is 3.00. The number of ether oxygens (including phenoxy) is 2. The molecule has 0 spiro atoms. The molecule has 0 aliphatic rings. The summed E-state index contributed by atoms with van der Waals surface area (Å²) in [7, 11) is 0. The lowest BCUT2D eigenvalue weighted by Gasteiger charge is -2.23. The number of rotatable bonds is 11. The molecule has 2 aromatic rings. The molecule has 1 amide bonds. The summed E-state index contributed by atoms with van der Waals surface area (Å²) in [5.74, 6) is 0.461. The SMILES string of the molecule is CCOCCOc1ccccc1C(=O)NCCN(CC)c1cccc(C)c1. The third-order valence-electron chi connectivity index (χ3n) is 4.24. The van der Waals surface area contributed by atoms with Crippen molar-refractivity contribution < 1.29 is 14.3 Å². The Kier molecular flexibility index (Phi) is 8.65. The fraction of sp³-hybridized carbons (Fsp3) is 0.409. The molecule has 2 aromatic carbocycles. The number of anilines is 1. The minimum absolute atomic E-state index is 0.123. The zero-order chi connectivity index (χ0) is 19.5. The topological polar surface area (TPSA) is 50.8 Å². The molecule has 27 heavy (non-hydrogen) atoms. The summed E-state index contributed by atoms with van der Waals surface area (Å²) in [6.07, 6.45) is 0. The van der Waals surface area contributed by atoms with Crippen LogP contribution in [0.5, 0.6) is 5.75 Å². The monoisotopic (exact) mass is 370 g/mol. The number of carbonyl (C=O) groups excluding carboxylic acids is 1. The number of para-hydroxylation sites is 1. The van der Waals surface area contributed by atoms with Gasteiger partial charge in [0.2, 0.25) is 0 Å². The van der Waals surface area contributed by atoms with E-state index in [1.807, 2.05) is 25.1 Å². The van der Waals surface area contributed by atoms with Crippen molar-refractivity contribution in [3.05, 3.63) is 59.7 Å². The first kappa shape index (κ1) is 20.8. The molecule has 0 aromatic heterocycles. The first-order valence-electron chi connectivity index (χ1n) is 9.55. The Morgan fingerprint density at radius 3 is 2.63 bits per heavy atom. The maximum Gasteiger partial charge on any atom is 0.255 e. The van der Waals surface area contributed by atoms with Crippen molar-refractivity contribution in [1.29, 1.82) is 0 Å². The Bertz CT molecular complexity index is 718. The standard InChI is InChI=1S/C22H30N2O3/c1-4-24(19-10-8-9-18(3)17-19)14-13-23-22(25)20-11-6-7-12-21(20)27-16-15-26-5-2/h6-12,17H,4-5,13-16H2,1-3H3,(H,23,25). The fourth-order valence-electron chi connectivity index (χ4n) is 2.83. The molecule has 5 nitrogen and oxygen atoms in total. The molecule has 0 saturated carbocycles. The van der Waals surface area contributed by atoms with Gasteiger partial charge in [-0.2, -0.15) is 0 Å². The molecule has 0 heterocycles. The highest BCUT2D eigenvalue weighted by atomic mass is 16.5. The number of aryl methyl sites for hydroxylation is 1. The second-order valence-corrected chi connectivity index (χ2v) is 6.22. The Morgan fingerprint density at radius 2 is 1.89 bits per heavy atom. The van der Waals surface area contributed by atoms with Crippen molar-refractivity contribution in [3.63, 3.8) is 0 Å². The van der Waals surface area contributed by atoms with E-state index in [4.69, 9.17) is 9.47 Å². The summed E-state index contributed by atoms with van der Waals surface area (Å²) in [4.78, 5) is 14.8. The van der Waals surface area contributed by atoms with Crippen molar-refractivity contribution in [1.82, 2.24) is 5.32 Å². The molecular formula is C22H30N2O3. The van der Waals surface area contributed by atoms with Gasteiger partial charge in [0.1, 0.15) is 12.4 Å². The van der Waals surface area contributed by atoms with Gasteiger partial charge in [0, 0.05) is 31.9 Å². The zero-order valence-electron chi connectivity index (χ0n) is 16.5. The Balaban J connectivity index is 1.89. The normalized spacial score (nSPS) is 10.5. The van der Waals surface area contributed by atoms with Gasteiger partial charge in [-0.1, -0.05) is 24.3 Å². The van der Waals surface area contributed by atoms with Crippen molar-refractivity contribution in [2.24, 2.45) is 0 Å². The maximum absolute atomic E-state index is 12.6. The van der Waals surface area contributed by atoms with Crippen molar-refractivity contribution >= 4 is 11.6 Å². The number of nitrogens with zero attached hydrogens (tertiary/aromatic N) is 1. The van der Waals surface area contributed by atoms with Crippen molar-refractivity contribution in [2.45, 2.75) is 20.8 Å². The van der Waals surface area contributed by atoms with E-state index in [-0.39, 0.29) is 5.91 Å². The summed E-state index contributed by atoms with van der Waals surface area (Å²) in [6.45, 7) is 9.93. The van der Waals surface area contributed by atoms with E-state index in [2.05, 4.69) is 48.3 Å². The fourth-order valence-corrected chi connectivity index (χ4v) is 2.83. The molecule has 2 rings (SSSR count). The average molecular weight is 370 g/mol. The second kappa shape index (κ2) is 11.2. The van der Waals surface area contributed by atoms with Crippen LogP contribution in [0, 0.1) is 6.92 Å². The quantitative estimate of drug-likeness (QED) is 0.613. The summed E-state index contributed by atoms with van der Waals surface area (Å²) in [6, 6.07) is 15.7. The van der Waals surface area contributed by atoms with Gasteiger partial charge in [0.15, 0.2) is 0 Å². The molecule has 0 bridgehead atoms. The predicted molar refractivity (Wildman–Crippen MR) is 110 cm³/mol. The van der Waals surface area contributed by atoms with Crippen LogP contribution in [0.4, 0.5) is 5.69 Å². The minimum Gasteiger partial charge on any atom is -0.490 e. The summed E-state index contributed by atoms with van der Waals surface area (Å²) in [5.41, 5.74) is 2.95. The number of benzene rings is 2. The molecule has 0 unspecified atom stereocenters. The average Bonchev–Trinajstić information content (AvgIpc) is 2.69. The second-order valence-electron chi connectivity index (χ2n) is 6.22. The third-order valence-corrected chi connectivity index (χ3v) is 4.24. The highest BCUT2D eigenvalue weighted by Crippen LogP contribution is 2.18. The molecule has 0 fully saturated rings. The molecular weight excluding hydrogens is 340 g/mol. The van der Waals surface area contributed by atoms with Gasteiger partial charge in [0.05, 0.1) is 12.2 Å². The van der Waals surface area contributed by atoms with Crippen LogP contribution in [-0.4, -0.2) is 45.4 Å². The smallest absolute Gasteiger partial charge is 0.255 e. The van der Waals surface area contributed by atoms with Crippen LogP contribution in [0.15, 0.2) is 48.5 Å². The van der Waals surface area contributed by atoms with Gasteiger partial charge < -0.3 is 19.7 Å². The van der Waals surface area contributed by atoms with Crippen LogP contribution >= 0.6 is 0 Å². The van der Waals surface area contributed by atoms with E-state index < -0.39 is 0 Å². The van der Waals surface area contributed by atoms with Gasteiger partial charge in [-0.05, 0) is 50.6 Å². The minimum atomic E-state index is -0.123. The number of likely N-dealkylation sites (N-methyl/N-ethyl adjacent to an activating group) is 1. The van der Waals surface area contributed by atoms with Crippen LogP contribution in [0.25, 0.3) is 0 Å². The molecule has 5 heteroatoms. The van der Waals surface area contributed by atoms with E-state index in [1.54, 1.807) is 6.07 Å². The first-order chi connectivity index (χ1) is 13.2. The molecule has 0 radical (unpaired) electrons. The van der Waals surface area contributed by atoms with Crippen molar-refractivity contribution in [2.75, 3.05) is 44.4 Å². The van der Waals surface area contributed by atoms with E-state index in [0.717, 1.165) is 13.1 Å². The third kappa shape index (κ3) is 6.61. The Morgan fingerprint density at radius 1 is 1.07 bits per heavy atom. The lowest BCUT2D eigenvalue weighted by molar-refractivity contribution is 0.0937. The van der Waals surface area contributed by atoms with Gasteiger partial charge >= 0.3 is 0 Å². The highest BCUT2D eigenvalue weighted by Gasteiger charge is 2.12. The summed E-state index contributed by atoms with van der Waals surface area (Å²) < 4.78 is 11.0. The van der Waals surface area contributed by atoms with Crippen LogP contribution < -0.4 is 15.0 Å². The molecule has 0 aliphatic carbocycles. The number of nitrogens with one attached hydrogen (secondary N) is 1. The largest absolute Gasteiger partial charge is 0.490 e. The molecule has 0 saturated heterocycles. The number of hydrogen-bond acceptors (Lipinski definition) is 4. The number of carbonyl (C=O) groups is 1. The highest BCUT2D eigenvalue weighted by molar-refractivity contribution is 5.96. The lowest BCUT2D eigenvalue weighted by atomic mass is 10.2. The molecule has 0 aliphatic heterocycles. The number of hydrogen-bond donors (Lipinski definition) is 1. The van der Waals surface area contributed by atoms with E-state index in [9.17, 15) is 4.79 Å². The Labute approximate surface area is 162 Å². The van der Waals surface area contributed by atoms with E-state index >= 15 is 0 Å².